The number of carbonyl (C=O) groups is 1. The topological polar surface area (TPSA) is 113 Å². The number of hydrazine groups is 1. The van der Waals surface area contributed by atoms with Gasteiger partial charge in [-0.3, -0.25) is 15.6 Å². The fraction of sp³-hybridized carbons (Fsp3) is 0.353. The highest BCUT2D eigenvalue weighted by Gasteiger charge is 2.17. The van der Waals surface area contributed by atoms with Crippen LogP contribution in [0.15, 0.2) is 35.2 Å². The molecule has 0 aliphatic rings. The van der Waals surface area contributed by atoms with Crippen LogP contribution in [0, 0.1) is 13.8 Å². The highest BCUT2D eigenvalue weighted by Crippen LogP contribution is 2.12. The number of nitrogens with one attached hydrogen (secondary N) is 3. The maximum atomic E-state index is 12.2. The van der Waals surface area contributed by atoms with Crippen molar-refractivity contribution in [3.63, 3.8) is 0 Å². The van der Waals surface area contributed by atoms with E-state index in [9.17, 15) is 13.2 Å². The Morgan fingerprint density at radius 1 is 1.12 bits per heavy atom. The van der Waals surface area contributed by atoms with Crippen molar-refractivity contribution in [3.8, 4) is 0 Å². The zero-order chi connectivity index (χ0) is 19.3. The van der Waals surface area contributed by atoms with Crippen LogP contribution < -0.4 is 15.6 Å². The van der Waals surface area contributed by atoms with Gasteiger partial charge in [-0.1, -0.05) is 6.92 Å². The summed E-state index contributed by atoms with van der Waals surface area (Å²) in [5.41, 5.74) is 7.00. The molecule has 1 atom stereocenters. The lowest BCUT2D eigenvalue weighted by Crippen LogP contribution is -2.32. The lowest BCUT2D eigenvalue weighted by molar-refractivity contribution is 0.0962. The lowest BCUT2D eigenvalue weighted by atomic mass is 10.2. The number of benzene rings is 1. The highest BCUT2D eigenvalue weighted by atomic mass is 32.2. The zero-order valence-electron chi connectivity index (χ0n) is 15.2. The van der Waals surface area contributed by atoms with Crippen LogP contribution in [0.3, 0.4) is 0 Å². The quantitative estimate of drug-likeness (QED) is 0.636. The molecule has 0 fully saturated rings. The molecule has 8 nitrogen and oxygen atoms in total. The van der Waals surface area contributed by atoms with Crippen LogP contribution in [-0.4, -0.2) is 30.3 Å². The van der Waals surface area contributed by atoms with Gasteiger partial charge in [0.05, 0.1) is 4.90 Å². The predicted molar refractivity (Wildman–Crippen MR) is 99.1 cm³/mol. The number of anilines is 1. The van der Waals surface area contributed by atoms with E-state index in [0.29, 0.717) is 12.0 Å². The first-order valence-electron chi connectivity index (χ1n) is 8.22. The smallest absolute Gasteiger partial charge is 0.267 e. The Morgan fingerprint density at radius 2 is 1.69 bits per heavy atom. The largest absolute Gasteiger partial charge is 0.269 e. The number of amides is 1. The second-order valence-electron chi connectivity index (χ2n) is 6.01. The van der Waals surface area contributed by atoms with Crippen molar-refractivity contribution in [3.05, 3.63) is 47.3 Å². The highest BCUT2D eigenvalue weighted by molar-refractivity contribution is 7.89. The first-order chi connectivity index (χ1) is 12.2. The standard InChI is InChI=1S/C17H23N5O3S/c1-5-11(2)22-26(24,25)15-8-6-14(7-9-15)16(23)20-21-17-18-12(3)10-13(4)19-17/h6-11,22H,5H2,1-4H3,(H,20,23)(H,18,19,21). The van der Waals surface area contributed by atoms with Gasteiger partial charge in [-0.25, -0.2) is 23.1 Å². The van der Waals surface area contributed by atoms with Gasteiger partial charge >= 0.3 is 0 Å². The number of sulfonamides is 1. The normalized spacial score (nSPS) is 12.5. The molecule has 0 aliphatic heterocycles. The lowest BCUT2D eigenvalue weighted by Gasteiger charge is -2.12. The van der Waals surface area contributed by atoms with E-state index in [1.54, 1.807) is 6.92 Å². The summed E-state index contributed by atoms with van der Waals surface area (Å²) in [5.74, 6) is -0.139. The van der Waals surface area contributed by atoms with Crippen molar-refractivity contribution in [2.75, 3.05) is 5.43 Å². The fourth-order valence-corrected chi connectivity index (χ4v) is 3.50. The third-order valence-corrected chi connectivity index (χ3v) is 5.27. The van der Waals surface area contributed by atoms with Gasteiger partial charge in [-0.2, -0.15) is 0 Å². The van der Waals surface area contributed by atoms with E-state index < -0.39 is 15.9 Å². The Kier molecular flexibility index (Phi) is 6.27. The molecule has 0 radical (unpaired) electrons. The molecule has 1 aromatic carbocycles. The Morgan fingerprint density at radius 3 is 2.23 bits per heavy atom. The molecule has 0 aliphatic carbocycles. The molecule has 0 spiro atoms. The van der Waals surface area contributed by atoms with E-state index in [4.69, 9.17) is 0 Å². The van der Waals surface area contributed by atoms with E-state index >= 15 is 0 Å². The Hall–Kier alpha value is -2.52. The van der Waals surface area contributed by atoms with Crippen molar-refractivity contribution in [2.24, 2.45) is 0 Å². The van der Waals surface area contributed by atoms with E-state index in [0.717, 1.165) is 11.4 Å². The van der Waals surface area contributed by atoms with Crippen molar-refractivity contribution in [1.29, 1.82) is 0 Å². The van der Waals surface area contributed by atoms with Gasteiger partial charge < -0.3 is 0 Å². The first-order valence-corrected chi connectivity index (χ1v) is 9.70. The number of aryl methyl sites for hydroxylation is 2. The van der Waals surface area contributed by atoms with Gasteiger partial charge in [0.2, 0.25) is 16.0 Å². The van der Waals surface area contributed by atoms with Gasteiger partial charge in [0, 0.05) is 23.0 Å². The number of hydrogen-bond acceptors (Lipinski definition) is 6. The minimum Gasteiger partial charge on any atom is -0.267 e. The minimum atomic E-state index is -3.60. The van der Waals surface area contributed by atoms with Crippen molar-refractivity contribution in [1.82, 2.24) is 20.1 Å². The van der Waals surface area contributed by atoms with Crippen LogP contribution in [0.5, 0.6) is 0 Å². The molecule has 26 heavy (non-hydrogen) atoms. The van der Waals surface area contributed by atoms with Crippen LogP contribution in [0.4, 0.5) is 5.95 Å². The summed E-state index contributed by atoms with van der Waals surface area (Å²) in [6.07, 6.45) is 0.686. The number of aromatic nitrogens is 2. The number of nitrogens with zero attached hydrogens (tertiary/aromatic N) is 2. The van der Waals surface area contributed by atoms with Gasteiger partial charge in [-0.05, 0) is 57.5 Å². The average molecular weight is 377 g/mol. The van der Waals surface area contributed by atoms with Crippen molar-refractivity contribution in [2.45, 2.75) is 45.1 Å². The van der Waals surface area contributed by atoms with Gasteiger partial charge in [0.1, 0.15) is 0 Å². The summed E-state index contributed by atoms with van der Waals surface area (Å²) in [4.78, 5) is 20.6. The summed E-state index contributed by atoms with van der Waals surface area (Å²) >= 11 is 0. The molecule has 0 saturated carbocycles. The molecule has 0 bridgehead atoms. The van der Waals surface area contributed by atoms with Gasteiger partial charge in [-0.15, -0.1) is 0 Å². The molecular formula is C17H23N5O3S. The molecular weight excluding hydrogens is 354 g/mol. The fourth-order valence-electron chi connectivity index (χ4n) is 2.17. The zero-order valence-corrected chi connectivity index (χ0v) is 16.0. The molecule has 2 rings (SSSR count). The average Bonchev–Trinajstić information content (AvgIpc) is 2.58. The molecule has 1 unspecified atom stereocenters. The Labute approximate surface area is 153 Å². The van der Waals surface area contributed by atoms with E-state index in [1.165, 1.54) is 24.3 Å². The molecule has 0 saturated heterocycles. The van der Waals surface area contributed by atoms with E-state index in [2.05, 4.69) is 25.5 Å². The molecule has 9 heteroatoms. The third-order valence-electron chi connectivity index (χ3n) is 3.67. The van der Waals surface area contributed by atoms with Gasteiger partial charge in [0.25, 0.3) is 5.91 Å². The summed E-state index contributed by atoms with van der Waals surface area (Å²) in [6.45, 7) is 7.34. The summed E-state index contributed by atoms with van der Waals surface area (Å²) in [5, 5.41) is 0. The van der Waals surface area contributed by atoms with E-state index in [1.807, 2.05) is 26.8 Å². The van der Waals surface area contributed by atoms with Crippen molar-refractivity contribution >= 4 is 21.9 Å². The number of rotatable bonds is 7. The number of carbonyl (C=O) groups excluding carboxylic acids is 1. The molecule has 3 N–H and O–H groups in total. The maximum absolute atomic E-state index is 12.2. The van der Waals surface area contributed by atoms with Crippen LogP contribution in [0.25, 0.3) is 0 Å². The Balaban J connectivity index is 2.04. The molecule has 140 valence electrons. The van der Waals surface area contributed by atoms with E-state index in [-0.39, 0.29) is 16.9 Å². The summed E-state index contributed by atoms with van der Waals surface area (Å²) in [7, 11) is -3.60. The van der Waals surface area contributed by atoms with Crippen LogP contribution in [0.1, 0.15) is 42.0 Å². The minimum absolute atomic E-state index is 0.111. The van der Waals surface area contributed by atoms with Gasteiger partial charge in [0.15, 0.2) is 0 Å². The molecule has 1 aromatic heterocycles. The first kappa shape index (κ1) is 19.8. The van der Waals surface area contributed by atoms with Crippen molar-refractivity contribution < 1.29 is 13.2 Å². The SMILES string of the molecule is CCC(C)NS(=O)(=O)c1ccc(C(=O)NNc2nc(C)cc(C)n2)cc1. The maximum Gasteiger partial charge on any atom is 0.269 e. The predicted octanol–water partition coefficient (Wildman–Crippen LogP) is 1.93. The summed E-state index contributed by atoms with van der Waals surface area (Å²) in [6, 6.07) is 7.35. The van der Waals surface area contributed by atoms with Crippen LogP contribution in [-0.2, 0) is 10.0 Å². The third kappa shape index (κ3) is 5.24. The Bertz CT molecular complexity index is 862. The molecule has 1 amide bonds. The second-order valence-corrected chi connectivity index (χ2v) is 7.72. The molecule has 1 heterocycles. The number of hydrogen-bond donors (Lipinski definition) is 3. The van der Waals surface area contributed by atoms with Crippen LogP contribution >= 0.6 is 0 Å². The summed E-state index contributed by atoms with van der Waals surface area (Å²) < 4.78 is 27.0. The second kappa shape index (κ2) is 8.24. The van der Waals surface area contributed by atoms with Crippen LogP contribution in [0.2, 0.25) is 0 Å². The molecule has 2 aromatic rings. The monoisotopic (exact) mass is 377 g/mol.